The standard InChI is InChI=1S/C61H108N16O13/c1-35(2)30-47(59(88)72-44(52(66)81)19-10-14-26-62)71-51(80)34-68-56(85)45(20-11-15-27-63)73-60(89)48(31-36(3)4)75-53(82)38(7)69-57(86)46(21-12-16-28-64)74-61(90)49(32-37(5)6)76-54(83)39(8)70-58(87)50(33-41-22-24-42(79)25-23-41)77-55(84)43(65)18-13-17-29-67-40(9)78/h22-25,35-39,43-50,79H,10-21,26-34,62-65H2,1-9H3,(H2,66,81)(H,67,78)(H,68,85)(H,69,86)(H,70,87)(H,71,80)(H,72,88)(H,73,89)(H,74,90)(H,75,82)(H,76,83)(H,77,84)/t38-,39-,43-,44-,45-,46-,47-,48-,49-,50-/m0/s1. The Morgan fingerprint density at radius 3 is 1.20 bits per heavy atom. The van der Waals surface area contributed by atoms with Crippen LogP contribution in [0.15, 0.2) is 24.3 Å². The number of unbranched alkanes of at least 4 members (excludes halogenated alkanes) is 4. The first kappa shape index (κ1) is 80.5. The molecule has 1 aromatic rings. The largest absolute Gasteiger partial charge is 0.508 e. The maximum atomic E-state index is 14.2. The van der Waals surface area contributed by atoms with Gasteiger partial charge in [0.1, 0.15) is 60.1 Å². The maximum absolute atomic E-state index is 14.2. The molecule has 29 nitrogen and oxygen atoms in total. The van der Waals surface area contributed by atoms with E-state index in [1.54, 1.807) is 12.1 Å². The second kappa shape index (κ2) is 44.0. The quantitative estimate of drug-likeness (QED) is 0.0317. The normalized spacial score (nSPS) is 14.6. The van der Waals surface area contributed by atoms with Crippen molar-refractivity contribution in [3.8, 4) is 5.75 Å². The summed E-state index contributed by atoms with van der Waals surface area (Å²) in [6, 6.07) is -5.78. The number of amides is 12. The fourth-order valence-electron chi connectivity index (χ4n) is 9.36. The van der Waals surface area contributed by atoms with E-state index in [4.69, 9.17) is 28.7 Å². The molecule has 10 atom stereocenters. The van der Waals surface area contributed by atoms with E-state index in [0.717, 1.165) is 0 Å². The Labute approximate surface area is 530 Å². The van der Waals surface area contributed by atoms with Crippen LogP contribution in [-0.4, -0.2) is 169 Å². The second-order valence-electron chi connectivity index (χ2n) is 24.3. The van der Waals surface area contributed by atoms with Crippen LogP contribution in [0.3, 0.4) is 0 Å². The van der Waals surface area contributed by atoms with Crippen molar-refractivity contribution in [1.82, 2.24) is 58.5 Å². The van der Waals surface area contributed by atoms with Gasteiger partial charge in [-0.2, -0.15) is 0 Å². The predicted molar refractivity (Wildman–Crippen MR) is 340 cm³/mol. The summed E-state index contributed by atoms with van der Waals surface area (Å²) in [5.41, 5.74) is 29.4. The average molecular weight is 1270 g/mol. The Morgan fingerprint density at radius 2 is 0.778 bits per heavy atom. The number of hydrogen-bond donors (Lipinski definition) is 17. The topological polar surface area (TPSA) is 487 Å². The van der Waals surface area contributed by atoms with Crippen LogP contribution in [0, 0.1) is 17.8 Å². The lowest BCUT2D eigenvalue weighted by Crippen LogP contribution is -2.60. The van der Waals surface area contributed by atoms with Crippen molar-refractivity contribution < 1.29 is 62.6 Å². The first-order chi connectivity index (χ1) is 42.4. The lowest BCUT2D eigenvalue weighted by molar-refractivity contribution is -0.136. The van der Waals surface area contributed by atoms with Crippen molar-refractivity contribution >= 4 is 70.9 Å². The molecule has 0 aliphatic carbocycles. The van der Waals surface area contributed by atoms with E-state index in [9.17, 15) is 62.6 Å². The third kappa shape index (κ3) is 33.9. The van der Waals surface area contributed by atoms with Crippen LogP contribution in [0.2, 0.25) is 0 Å². The van der Waals surface area contributed by atoms with Crippen LogP contribution < -0.4 is 87.2 Å². The van der Waals surface area contributed by atoms with Crippen LogP contribution >= 0.6 is 0 Å². The minimum absolute atomic E-state index is 0.0209. The Bertz CT molecular complexity index is 2450. The Morgan fingerprint density at radius 1 is 0.411 bits per heavy atom. The highest BCUT2D eigenvalue weighted by atomic mass is 16.3. The third-order valence-corrected chi connectivity index (χ3v) is 14.4. The van der Waals surface area contributed by atoms with Crippen molar-refractivity contribution in [2.24, 2.45) is 46.4 Å². The summed E-state index contributed by atoms with van der Waals surface area (Å²) in [5, 5.41) is 39.0. The van der Waals surface area contributed by atoms with E-state index in [1.165, 1.54) is 32.9 Å². The van der Waals surface area contributed by atoms with Crippen molar-refractivity contribution in [1.29, 1.82) is 0 Å². The number of nitrogens with two attached hydrogens (primary N) is 5. The number of nitrogens with one attached hydrogen (secondary N) is 11. The highest BCUT2D eigenvalue weighted by Gasteiger charge is 2.34. The van der Waals surface area contributed by atoms with E-state index in [1.807, 2.05) is 41.5 Å². The molecule has 0 saturated carbocycles. The molecule has 0 saturated heterocycles. The van der Waals surface area contributed by atoms with Crippen molar-refractivity contribution in [3.63, 3.8) is 0 Å². The molecular formula is C61H108N16O13. The van der Waals surface area contributed by atoms with E-state index in [2.05, 4.69) is 58.5 Å². The molecule has 0 fully saturated rings. The van der Waals surface area contributed by atoms with Crippen molar-refractivity contribution in [3.05, 3.63) is 29.8 Å². The molecule has 0 aliphatic rings. The van der Waals surface area contributed by atoms with Crippen LogP contribution in [0.4, 0.5) is 0 Å². The summed E-state index contributed by atoms with van der Waals surface area (Å²) >= 11 is 0. The highest BCUT2D eigenvalue weighted by Crippen LogP contribution is 2.15. The molecule has 0 radical (unpaired) electrons. The number of benzene rings is 1. The number of hydrogen-bond acceptors (Lipinski definition) is 17. The summed E-state index contributed by atoms with van der Waals surface area (Å²) in [6.45, 7) is 15.8. The van der Waals surface area contributed by atoms with Crippen LogP contribution in [-0.2, 0) is 64.0 Å². The van der Waals surface area contributed by atoms with Gasteiger partial charge in [0, 0.05) is 19.9 Å². The summed E-state index contributed by atoms with van der Waals surface area (Å²) in [7, 11) is 0. The highest BCUT2D eigenvalue weighted by molar-refractivity contribution is 5.98. The molecule has 29 heteroatoms. The first-order valence-electron chi connectivity index (χ1n) is 31.6. The van der Waals surface area contributed by atoms with E-state index >= 15 is 0 Å². The summed E-state index contributed by atoms with van der Waals surface area (Å²) in [4.78, 5) is 161. The monoisotopic (exact) mass is 1270 g/mol. The lowest BCUT2D eigenvalue weighted by Gasteiger charge is -2.27. The fourth-order valence-corrected chi connectivity index (χ4v) is 9.36. The summed E-state index contributed by atoms with van der Waals surface area (Å²) in [5.74, 6) is -8.62. The van der Waals surface area contributed by atoms with Gasteiger partial charge >= 0.3 is 0 Å². The van der Waals surface area contributed by atoms with Gasteiger partial charge in [0.15, 0.2) is 0 Å². The van der Waals surface area contributed by atoms with Gasteiger partial charge in [-0.3, -0.25) is 57.5 Å². The minimum Gasteiger partial charge on any atom is -0.508 e. The molecule has 0 spiro atoms. The Hall–Kier alpha value is -7.50. The van der Waals surface area contributed by atoms with Gasteiger partial charge < -0.3 is 92.3 Å². The van der Waals surface area contributed by atoms with Gasteiger partial charge in [0.05, 0.1) is 12.6 Å². The molecule has 90 heavy (non-hydrogen) atoms. The summed E-state index contributed by atoms with van der Waals surface area (Å²) in [6.07, 6.45) is 4.97. The molecule has 0 aliphatic heterocycles. The molecule has 12 amide bonds. The molecular weight excluding hydrogens is 1160 g/mol. The maximum Gasteiger partial charge on any atom is 0.243 e. The molecule has 1 rings (SSSR count). The molecule has 22 N–H and O–H groups in total. The zero-order valence-corrected chi connectivity index (χ0v) is 54.4. The average Bonchev–Trinajstić information content (AvgIpc) is 3.53. The molecule has 0 unspecified atom stereocenters. The van der Waals surface area contributed by atoms with Gasteiger partial charge in [-0.05, 0) is 165 Å². The van der Waals surface area contributed by atoms with Gasteiger partial charge in [0.25, 0.3) is 0 Å². The van der Waals surface area contributed by atoms with Gasteiger partial charge in [-0.25, -0.2) is 0 Å². The zero-order valence-electron chi connectivity index (χ0n) is 54.4. The number of phenolic OH excluding ortho intramolecular Hbond substituents is 1. The minimum atomic E-state index is -1.29. The number of phenols is 1. The first-order valence-corrected chi connectivity index (χ1v) is 31.6. The Kier molecular flexibility index (Phi) is 39.4. The van der Waals surface area contributed by atoms with Crippen molar-refractivity contribution in [2.75, 3.05) is 32.7 Å². The Balaban J connectivity index is 3.26. The fraction of sp³-hybridized carbons (Fsp3) is 0.705. The number of rotatable bonds is 46. The third-order valence-electron chi connectivity index (χ3n) is 14.4. The van der Waals surface area contributed by atoms with E-state index in [0.29, 0.717) is 70.0 Å². The van der Waals surface area contributed by atoms with Crippen LogP contribution in [0.25, 0.3) is 0 Å². The number of carbonyl (C=O) groups is 12. The molecule has 1 aromatic carbocycles. The second-order valence-corrected chi connectivity index (χ2v) is 24.3. The number of primary amides is 1. The van der Waals surface area contributed by atoms with E-state index < -0.39 is 132 Å². The summed E-state index contributed by atoms with van der Waals surface area (Å²) < 4.78 is 0. The lowest BCUT2D eigenvalue weighted by atomic mass is 10.0. The van der Waals surface area contributed by atoms with Crippen LogP contribution in [0.5, 0.6) is 5.75 Å². The van der Waals surface area contributed by atoms with Gasteiger partial charge in [0.2, 0.25) is 70.9 Å². The molecule has 0 aromatic heterocycles. The van der Waals surface area contributed by atoms with Crippen molar-refractivity contribution in [2.45, 2.75) is 225 Å². The van der Waals surface area contributed by atoms with E-state index in [-0.39, 0.29) is 93.9 Å². The van der Waals surface area contributed by atoms with Gasteiger partial charge in [-0.15, -0.1) is 0 Å². The SMILES string of the molecule is CC(=O)NCCCC[C@H](N)C(=O)N[C@@H](Cc1ccc(O)cc1)C(=O)N[C@@H](C)C(=O)N[C@@H](CC(C)C)C(=O)N[C@@H](CCCCN)C(=O)N[C@@H](C)C(=O)N[C@@H](CC(C)C)C(=O)N[C@@H](CCCCN)C(=O)NCC(=O)N[C@@H](CC(C)C)C(=O)N[C@@H](CCCCN)C(N)=O. The number of aromatic hydroxyl groups is 1. The van der Waals surface area contributed by atoms with Gasteiger partial charge in [-0.1, -0.05) is 53.7 Å². The molecule has 0 heterocycles. The number of carbonyl (C=O) groups excluding carboxylic acids is 12. The zero-order chi connectivity index (χ0) is 68.0. The van der Waals surface area contributed by atoms with Crippen LogP contribution in [0.1, 0.15) is 164 Å². The predicted octanol–water partition coefficient (Wildman–Crippen LogP) is -1.90. The smallest absolute Gasteiger partial charge is 0.243 e. The molecule has 510 valence electrons. The molecule has 0 bridgehead atoms.